The number of urea groups is 1. The zero-order valence-corrected chi connectivity index (χ0v) is 11.4. The van der Waals surface area contributed by atoms with Crippen molar-refractivity contribution in [2.24, 2.45) is 5.41 Å². The number of amides is 2. The van der Waals surface area contributed by atoms with E-state index in [0.29, 0.717) is 6.54 Å². The lowest BCUT2D eigenvalue weighted by atomic mass is 9.88. The van der Waals surface area contributed by atoms with Crippen LogP contribution in [0.1, 0.15) is 33.3 Å². The van der Waals surface area contributed by atoms with Crippen LogP contribution in [0.4, 0.5) is 9.18 Å². The van der Waals surface area contributed by atoms with E-state index in [0.717, 1.165) is 5.56 Å². The largest absolute Gasteiger partial charge is 0.335 e. The molecule has 0 aromatic heterocycles. The van der Waals surface area contributed by atoms with Crippen LogP contribution in [0.25, 0.3) is 0 Å². The number of rotatable bonds is 3. The van der Waals surface area contributed by atoms with E-state index >= 15 is 0 Å². The Morgan fingerprint density at radius 2 is 1.83 bits per heavy atom. The number of benzene rings is 1. The molecule has 1 unspecified atom stereocenters. The molecule has 3 nitrogen and oxygen atoms in total. The van der Waals surface area contributed by atoms with Crippen LogP contribution < -0.4 is 10.6 Å². The lowest BCUT2D eigenvalue weighted by molar-refractivity contribution is 0.222. The second-order valence-corrected chi connectivity index (χ2v) is 5.54. The van der Waals surface area contributed by atoms with Gasteiger partial charge in [-0.2, -0.15) is 0 Å². The van der Waals surface area contributed by atoms with E-state index in [1.807, 2.05) is 6.92 Å². The monoisotopic (exact) mass is 252 g/mol. The van der Waals surface area contributed by atoms with Gasteiger partial charge in [0.05, 0.1) is 0 Å². The minimum Gasteiger partial charge on any atom is -0.335 e. The maximum absolute atomic E-state index is 12.7. The fraction of sp³-hybridized carbons (Fsp3) is 0.500. The molecule has 1 rings (SSSR count). The SMILES string of the molecule is CC(NC(=O)NCc1ccc(F)cc1)C(C)(C)C. The molecule has 0 saturated carbocycles. The van der Waals surface area contributed by atoms with Crippen molar-refractivity contribution in [1.82, 2.24) is 10.6 Å². The molecule has 100 valence electrons. The van der Waals surface area contributed by atoms with Crippen LogP contribution in [0.15, 0.2) is 24.3 Å². The molecule has 1 atom stereocenters. The van der Waals surface area contributed by atoms with Gasteiger partial charge in [-0.1, -0.05) is 32.9 Å². The van der Waals surface area contributed by atoms with Gasteiger partial charge in [0.25, 0.3) is 0 Å². The maximum Gasteiger partial charge on any atom is 0.315 e. The van der Waals surface area contributed by atoms with E-state index in [1.54, 1.807) is 12.1 Å². The first-order chi connectivity index (χ1) is 8.29. The van der Waals surface area contributed by atoms with E-state index < -0.39 is 0 Å². The molecule has 1 aromatic carbocycles. The number of hydrogen-bond donors (Lipinski definition) is 2. The highest BCUT2D eigenvalue weighted by atomic mass is 19.1. The van der Waals surface area contributed by atoms with Crippen LogP contribution in [0.5, 0.6) is 0 Å². The normalized spacial score (nSPS) is 12.9. The van der Waals surface area contributed by atoms with Crippen LogP contribution in [0.3, 0.4) is 0 Å². The molecule has 0 radical (unpaired) electrons. The lowest BCUT2D eigenvalue weighted by Crippen LogP contribution is -2.46. The average Bonchev–Trinajstić information content (AvgIpc) is 2.27. The number of hydrogen-bond acceptors (Lipinski definition) is 1. The Balaban J connectivity index is 2.40. The first-order valence-corrected chi connectivity index (χ1v) is 6.08. The van der Waals surface area contributed by atoms with Crippen molar-refractivity contribution in [1.29, 1.82) is 0 Å². The minimum atomic E-state index is -0.274. The quantitative estimate of drug-likeness (QED) is 0.853. The Morgan fingerprint density at radius 3 is 2.33 bits per heavy atom. The van der Waals surface area contributed by atoms with Crippen molar-refractivity contribution in [3.63, 3.8) is 0 Å². The molecule has 2 amide bonds. The standard InChI is InChI=1S/C14H21FN2O/c1-10(14(2,3)4)17-13(18)16-9-11-5-7-12(15)8-6-11/h5-8,10H,9H2,1-4H3,(H2,16,17,18). The van der Waals surface area contributed by atoms with Crippen molar-refractivity contribution < 1.29 is 9.18 Å². The van der Waals surface area contributed by atoms with Crippen molar-refractivity contribution >= 4 is 6.03 Å². The second kappa shape index (κ2) is 5.85. The highest BCUT2D eigenvalue weighted by molar-refractivity contribution is 5.74. The van der Waals surface area contributed by atoms with Crippen molar-refractivity contribution in [2.75, 3.05) is 0 Å². The van der Waals surface area contributed by atoms with E-state index in [-0.39, 0.29) is 23.3 Å². The summed E-state index contributed by atoms with van der Waals surface area (Å²) in [5.41, 5.74) is 0.891. The van der Waals surface area contributed by atoms with Gasteiger partial charge >= 0.3 is 6.03 Å². The van der Waals surface area contributed by atoms with Crippen molar-refractivity contribution in [2.45, 2.75) is 40.3 Å². The van der Waals surface area contributed by atoms with Gasteiger partial charge in [0, 0.05) is 12.6 Å². The third-order valence-electron chi connectivity index (χ3n) is 3.01. The Bertz CT molecular complexity index is 395. The zero-order chi connectivity index (χ0) is 13.8. The summed E-state index contributed by atoms with van der Waals surface area (Å²) in [5, 5.41) is 5.63. The third kappa shape index (κ3) is 4.73. The Labute approximate surface area is 108 Å². The van der Waals surface area contributed by atoms with Gasteiger partial charge in [-0.15, -0.1) is 0 Å². The highest BCUT2D eigenvalue weighted by Gasteiger charge is 2.21. The molecule has 0 heterocycles. The fourth-order valence-electron chi connectivity index (χ4n) is 1.25. The maximum atomic E-state index is 12.7. The topological polar surface area (TPSA) is 41.1 Å². The Hall–Kier alpha value is -1.58. The third-order valence-corrected chi connectivity index (χ3v) is 3.01. The van der Waals surface area contributed by atoms with Crippen LogP contribution in [0.2, 0.25) is 0 Å². The van der Waals surface area contributed by atoms with E-state index in [9.17, 15) is 9.18 Å². The molecule has 0 spiro atoms. The van der Waals surface area contributed by atoms with Gasteiger partial charge in [0.15, 0.2) is 0 Å². The van der Waals surface area contributed by atoms with Gasteiger partial charge < -0.3 is 10.6 Å². The summed E-state index contributed by atoms with van der Waals surface area (Å²) in [4.78, 5) is 11.6. The molecule has 0 aliphatic heterocycles. The molecule has 0 saturated heterocycles. The Kier molecular flexibility index (Phi) is 4.70. The average molecular weight is 252 g/mol. The van der Waals surface area contributed by atoms with Crippen LogP contribution in [-0.2, 0) is 6.54 Å². The predicted octanol–water partition coefficient (Wildman–Crippen LogP) is 3.06. The van der Waals surface area contributed by atoms with Crippen LogP contribution in [0, 0.1) is 11.2 Å². The molecular formula is C14H21FN2O. The van der Waals surface area contributed by atoms with Gasteiger partial charge in [0.1, 0.15) is 5.82 Å². The zero-order valence-electron chi connectivity index (χ0n) is 11.4. The number of halogens is 1. The van der Waals surface area contributed by atoms with Crippen LogP contribution >= 0.6 is 0 Å². The molecule has 0 aliphatic carbocycles. The minimum absolute atomic E-state index is 0.0210. The first-order valence-electron chi connectivity index (χ1n) is 6.08. The summed E-state index contributed by atoms with van der Waals surface area (Å²) in [6, 6.07) is 5.94. The number of nitrogens with one attached hydrogen (secondary N) is 2. The van der Waals surface area contributed by atoms with E-state index in [4.69, 9.17) is 0 Å². The predicted molar refractivity (Wildman–Crippen MR) is 70.7 cm³/mol. The number of carbonyl (C=O) groups is 1. The van der Waals surface area contributed by atoms with Crippen LogP contribution in [-0.4, -0.2) is 12.1 Å². The van der Waals surface area contributed by atoms with Crippen molar-refractivity contribution in [3.8, 4) is 0 Å². The van der Waals surface area contributed by atoms with Gasteiger partial charge in [0.2, 0.25) is 0 Å². The van der Waals surface area contributed by atoms with E-state index in [1.165, 1.54) is 12.1 Å². The molecule has 0 aliphatic rings. The second-order valence-electron chi connectivity index (χ2n) is 5.54. The lowest BCUT2D eigenvalue weighted by Gasteiger charge is -2.28. The summed E-state index contributed by atoms with van der Waals surface area (Å²) in [6.07, 6.45) is 0. The molecule has 2 N–H and O–H groups in total. The molecule has 4 heteroatoms. The number of carbonyl (C=O) groups excluding carboxylic acids is 1. The smallest absolute Gasteiger partial charge is 0.315 e. The summed E-state index contributed by atoms with van der Waals surface area (Å²) in [6.45, 7) is 8.56. The molecule has 0 bridgehead atoms. The summed E-state index contributed by atoms with van der Waals surface area (Å²) < 4.78 is 12.7. The van der Waals surface area contributed by atoms with Gasteiger partial charge in [-0.3, -0.25) is 0 Å². The Morgan fingerprint density at radius 1 is 1.28 bits per heavy atom. The summed E-state index contributed by atoms with van der Waals surface area (Å²) >= 11 is 0. The summed E-state index contributed by atoms with van der Waals surface area (Å²) in [5.74, 6) is -0.274. The molecular weight excluding hydrogens is 231 g/mol. The molecule has 1 aromatic rings. The first kappa shape index (κ1) is 14.5. The van der Waals surface area contributed by atoms with E-state index in [2.05, 4.69) is 31.4 Å². The molecule has 0 fully saturated rings. The highest BCUT2D eigenvalue weighted by Crippen LogP contribution is 2.18. The fourth-order valence-corrected chi connectivity index (χ4v) is 1.25. The molecule has 18 heavy (non-hydrogen) atoms. The van der Waals surface area contributed by atoms with Crippen molar-refractivity contribution in [3.05, 3.63) is 35.6 Å². The summed E-state index contributed by atoms with van der Waals surface area (Å²) in [7, 11) is 0. The van der Waals surface area contributed by atoms with Gasteiger partial charge in [-0.05, 0) is 30.0 Å². The van der Waals surface area contributed by atoms with Gasteiger partial charge in [-0.25, -0.2) is 9.18 Å².